The summed E-state index contributed by atoms with van der Waals surface area (Å²) in [6, 6.07) is 6.47. The first-order valence-electron chi connectivity index (χ1n) is 7.72. The van der Waals surface area contributed by atoms with Gasteiger partial charge in [0.1, 0.15) is 0 Å². The number of rotatable bonds is 13. The molecule has 0 fully saturated rings. The first-order chi connectivity index (χ1) is 12.0. The van der Waals surface area contributed by atoms with E-state index in [-0.39, 0.29) is 31.3 Å². The fourth-order valence-electron chi connectivity index (χ4n) is 1.89. The van der Waals surface area contributed by atoms with Gasteiger partial charge in [0.05, 0.1) is 44.5 Å². The second-order valence-corrected chi connectivity index (χ2v) is 7.09. The molecule has 0 heterocycles. The number of aliphatic hydroxyl groups excluding tert-OH is 1. The smallest absolute Gasteiger partial charge is 0.207 e. The molecule has 0 amide bonds. The van der Waals surface area contributed by atoms with Gasteiger partial charge in [-0.1, -0.05) is 23.3 Å². The van der Waals surface area contributed by atoms with Gasteiger partial charge in [-0.25, -0.2) is 8.42 Å². The molecule has 0 aliphatic carbocycles. The molecule has 1 atom stereocenters. The Morgan fingerprint density at radius 2 is 1.72 bits per heavy atom. The van der Waals surface area contributed by atoms with E-state index in [4.69, 9.17) is 19.7 Å². The van der Waals surface area contributed by atoms with Crippen LogP contribution in [-0.4, -0.2) is 65.1 Å². The SMILES string of the molecule is Cc1ccccc1S(=O)(=O)C(O)COCCOCCOCCN=[N+]=[N-]. The molecule has 0 aromatic heterocycles. The van der Waals surface area contributed by atoms with Crippen molar-refractivity contribution >= 4 is 9.84 Å². The maximum absolute atomic E-state index is 12.3. The van der Waals surface area contributed by atoms with Gasteiger partial charge in [0, 0.05) is 11.5 Å². The molecule has 0 saturated heterocycles. The summed E-state index contributed by atoms with van der Waals surface area (Å²) >= 11 is 0. The van der Waals surface area contributed by atoms with Gasteiger partial charge in [-0.2, -0.15) is 0 Å². The number of aliphatic hydroxyl groups is 1. The van der Waals surface area contributed by atoms with Crippen LogP contribution < -0.4 is 0 Å². The minimum Gasteiger partial charge on any atom is -0.379 e. The summed E-state index contributed by atoms with van der Waals surface area (Å²) in [6.45, 7) is 3.02. The molecule has 0 spiro atoms. The molecule has 1 N–H and O–H groups in total. The molecule has 10 heteroatoms. The molecule has 9 nitrogen and oxygen atoms in total. The van der Waals surface area contributed by atoms with Crippen molar-refractivity contribution in [3.63, 3.8) is 0 Å². The minimum absolute atomic E-state index is 0.0974. The maximum atomic E-state index is 12.3. The van der Waals surface area contributed by atoms with Crippen LogP contribution in [-0.2, 0) is 24.0 Å². The van der Waals surface area contributed by atoms with Gasteiger partial charge in [0.2, 0.25) is 9.84 Å². The monoisotopic (exact) mass is 373 g/mol. The lowest BCUT2D eigenvalue weighted by Gasteiger charge is -2.14. The second-order valence-electron chi connectivity index (χ2n) is 5.02. The van der Waals surface area contributed by atoms with Crippen molar-refractivity contribution in [2.45, 2.75) is 17.3 Å². The molecule has 0 radical (unpaired) electrons. The number of ether oxygens (including phenoxy) is 3. The first kappa shape index (κ1) is 21.4. The highest BCUT2D eigenvalue weighted by Gasteiger charge is 2.26. The summed E-state index contributed by atoms with van der Waals surface area (Å²) in [7, 11) is -3.85. The number of nitrogens with zero attached hydrogens (tertiary/aromatic N) is 3. The molecule has 0 saturated carbocycles. The first-order valence-corrected chi connectivity index (χ1v) is 9.26. The van der Waals surface area contributed by atoms with Gasteiger partial charge in [-0.15, -0.1) is 0 Å². The zero-order chi connectivity index (χ0) is 18.5. The third-order valence-electron chi connectivity index (χ3n) is 3.16. The number of benzene rings is 1. The highest BCUT2D eigenvalue weighted by molar-refractivity contribution is 7.92. The largest absolute Gasteiger partial charge is 0.379 e. The third-order valence-corrected chi connectivity index (χ3v) is 5.09. The van der Waals surface area contributed by atoms with Crippen molar-refractivity contribution in [1.29, 1.82) is 0 Å². The number of sulfone groups is 1. The van der Waals surface area contributed by atoms with Crippen LogP contribution in [0.2, 0.25) is 0 Å². The van der Waals surface area contributed by atoms with Crippen molar-refractivity contribution in [1.82, 2.24) is 0 Å². The molecule has 140 valence electrons. The van der Waals surface area contributed by atoms with Gasteiger partial charge < -0.3 is 19.3 Å². The lowest BCUT2D eigenvalue weighted by atomic mass is 10.2. The van der Waals surface area contributed by atoms with E-state index < -0.39 is 15.3 Å². The Balaban J connectivity index is 2.17. The van der Waals surface area contributed by atoms with Gasteiger partial charge in [0.25, 0.3) is 0 Å². The molecule has 0 bridgehead atoms. The Morgan fingerprint density at radius 3 is 2.36 bits per heavy atom. The lowest BCUT2D eigenvalue weighted by molar-refractivity contribution is 0.00391. The van der Waals surface area contributed by atoms with Gasteiger partial charge in [-0.05, 0) is 24.1 Å². The summed E-state index contributed by atoms with van der Waals surface area (Å²) in [5, 5.41) is 13.2. The number of azide groups is 1. The van der Waals surface area contributed by atoms with Crippen LogP contribution in [0.15, 0.2) is 34.3 Å². The van der Waals surface area contributed by atoms with Crippen LogP contribution in [0.1, 0.15) is 5.56 Å². The average Bonchev–Trinajstić information content (AvgIpc) is 2.59. The van der Waals surface area contributed by atoms with Crippen LogP contribution in [0.3, 0.4) is 0 Å². The van der Waals surface area contributed by atoms with Crippen LogP contribution in [0, 0.1) is 6.92 Å². The predicted octanol–water partition coefficient (Wildman–Crippen LogP) is 1.45. The summed E-state index contributed by atoms with van der Waals surface area (Å²) in [6.07, 6.45) is 0. The summed E-state index contributed by atoms with van der Waals surface area (Å²) in [5.41, 5.74) is 7.01. The van der Waals surface area contributed by atoms with E-state index in [0.29, 0.717) is 25.4 Å². The van der Waals surface area contributed by atoms with Crippen molar-refractivity contribution in [2.24, 2.45) is 5.11 Å². The zero-order valence-electron chi connectivity index (χ0n) is 14.1. The van der Waals surface area contributed by atoms with Crippen molar-refractivity contribution in [2.75, 3.05) is 46.2 Å². The highest BCUT2D eigenvalue weighted by Crippen LogP contribution is 2.18. The Hall–Kier alpha value is -1.68. The maximum Gasteiger partial charge on any atom is 0.207 e. The van der Waals surface area contributed by atoms with E-state index in [1.165, 1.54) is 6.07 Å². The number of hydrogen-bond acceptors (Lipinski definition) is 7. The number of hydrogen-bond donors (Lipinski definition) is 1. The van der Waals surface area contributed by atoms with Crippen LogP contribution in [0.25, 0.3) is 10.4 Å². The molecular weight excluding hydrogens is 350 g/mol. The molecule has 1 rings (SSSR count). The van der Waals surface area contributed by atoms with Gasteiger partial charge >= 0.3 is 0 Å². The third kappa shape index (κ3) is 7.82. The second kappa shape index (κ2) is 11.8. The van der Waals surface area contributed by atoms with Gasteiger partial charge in [-0.3, -0.25) is 0 Å². The Labute approximate surface area is 147 Å². The number of aryl methyl sites for hydroxylation is 1. The molecule has 1 unspecified atom stereocenters. The van der Waals surface area contributed by atoms with E-state index in [9.17, 15) is 13.5 Å². The standard InChI is InChI=1S/C15H23N3O6S/c1-13-4-2-3-5-14(13)25(20,21)15(19)12-24-11-10-23-9-8-22-7-6-17-18-16/h2-5,15,19H,6-12H2,1H3. The summed E-state index contributed by atoms with van der Waals surface area (Å²) in [5.74, 6) is 0. The molecule has 1 aromatic carbocycles. The van der Waals surface area contributed by atoms with Crippen molar-refractivity contribution < 1.29 is 27.7 Å². The Bertz CT molecular complexity index is 661. The van der Waals surface area contributed by atoms with Crippen molar-refractivity contribution in [3.05, 3.63) is 40.3 Å². The van der Waals surface area contributed by atoms with E-state index in [1.807, 2.05) is 0 Å². The minimum atomic E-state index is -3.85. The molecule has 1 aromatic rings. The molecule has 0 aliphatic heterocycles. The normalized spacial score (nSPS) is 12.6. The van der Waals surface area contributed by atoms with Crippen LogP contribution >= 0.6 is 0 Å². The van der Waals surface area contributed by atoms with Gasteiger partial charge in [0.15, 0.2) is 5.44 Å². The fourth-order valence-corrected chi connectivity index (χ4v) is 3.24. The highest BCUT2D eigenvalue weighted by atomic mass is 32.2. The molecule has 0 aliphatic rings. The van der Waals surface area contributed by atoms with E-state index >= 15 is 0 Å². The fraction of sp³-hybridized carbons (Fsp3) is 0.600. The Morgan fingerprint density at radius 1 is 1.12 bits per heavy atom. The lowest BCUT2D eigenvalue weighted by Crippen LogP contribution is -2.27. The zero-order valence-corrected chi connectivity index (χ0v) is 14.9. The quantitative estimate of drug-likeness (QED) is 0.241. The topological polar surface area (TPSA) is 131 Å². The Kier molecular flexibility index (Phi) is 10.1. The van der Waals surface area contributed by atoms with E-state index in [1.54, 1.807) is 25.1 Å². The van der Waals surface area contributed by atoms with Crippen molar-refractivity contribution in [3.8, 4) is 0 Å². The average molecular weight is 373 g/mol. The van der Waals surface area contributed by atoms with Crippen LogP contribution in [0.4, 0.5) is 0 Å². The summed E-state index contributed by atoms with van der Waals surface area (Å²) < 4.78 is 40.0. The summed E-state index contributed by atoms with van der Waals surface area (Å²) in [4.78, 5) is 2.69. The molecular formula is C15H23N3O6S. The van der Waals surface area contributed by atoms with E-state index in [2.05, 4.69) is 10.0 Å². The van der Waals surface area contributed by atoms with E-state index in [0.717, 1.165) is 0 Å². The van der Waals surface area contributed by atoms with Crippen LogP contribution in [0.5, 0.6) is 0 Å². The molecule has 25 heavy (non-hydrogen) atoms. The predicted molar refractivity (Wildman–Crippen MR) is 90.8 cm³/mol.